The zero-order chi connectivity index (χ0) is 18.5. The van der Waals surface area contributed by atoms with Gasteiger partial charge in [-0.1, -0.05) is 60.3 Å². The van der Waals surface area contributed by atoms with Crippen molar-refractivity contribution < 1.29 is 4.79 Å². The summed E-state index contributed by atoms with van der Waals surface area (Å²) in [5.74, 6) is 0.0554. The molecule has 5 heteroatoms. The molecule has 1 amide bonds. The molecule has 0 bridgehead atoms. The molecule has 3 rings (SSSR count). The molecular weight excluding hydrogens is 342 g/mol. The van der Waals surface area contributed by atoms with Crippen molar-refractivity contribution >= 4 is 23.4 Å². The average Bonchev–Trinajstić information content (AvgIpc) is 3.00. The normalized spacial score (nSPS) is 12.0. The third-order valence-corrected chi connectivity index (χ3v) is 5.26. The molecule has 0 aliphatic heterocycles. The van der Waals surface area contributed by atoms with Crippen LogP contribution >= 0.6 is 11.8 Å². The topological polar surface area (TPSA) is 49.0 Å². The molecule has 1 heterocycles. The Hall–Kier alpha value is -2.53. The van der Waals surface area contributed by atoms with Gasteiger partial charge in [-0.25, -0.2) is 4.98 Å². The maximum absolute atomic E-state index is 12.7. The molecule has 134 valence electrons. The van der Waals surface area contributed by atoms with Crippen LogP contribution in [0.2, 0.25) is 0 Å². The summed E-state index contributed by atoms with van der Waals surface area (Å²) in [4.78, 5) is 22.4. The van der Waals surface area contributed by atoms with Crippen LogP contribution in [0.5, 0.6) is 0 Å². The van der Waals surface area contributed by atoms with Gasteiger partial charge in [0.1, 0.15) is 0 Å². The Kier molecular flexibility index (Phi) is 5.78. The summed E-state index contributed by atoms with van der Waals surface area (Å²) in [6, 6.07) is 20.0. The van der Waals surface area contributed by atoms with Gasteiger partial charge < -0.3 is 9.88 Å². The van der Waals surface area contributed by atoms with Crippen molar-refractivity contribution in [2.75, 3.05) is 11.9 Å². The van der Waals surface area contributed by atoms with E-state index in [-0.39, 0.29) is 11.2 Å². The van der Waals surface area contributed by atoms with E-state index in [1.54, 1.807) is 4.90 Å². The Morgan fingerprint density at radius 3 is 2.38 bits per heavy atom. The first-order valence-corrected chi connectivity index (χ1v) is 9.51. The van der Waals surface area contributed by atoms with E-state index in [1.165, 1.54) is 17.3 Å². The number of benzene rings is 2. The lowest BCUT2D eigenvalue weighted by Crippen LogP contribution is -2.33. The number of rotatable bonds is 6. The van der Waals surface area contributed by atoms with Crippen molar-refractivity contribution in [3.05, 3.63) is 77.6 Å². The zero-order valence-electron chi connectivity index (χ0n) is 15.3. The van der Waals surface area contributed by atoms with Crippen LogP contribution in [-0.2, 0) is 11.2 Å². The predicted octanol–water partition coefficient (Wildman–Crippen LogP) is 4.45. The van der Waals surface area contributed by atoms with Gasteiger partial charge in [-0.2, -0.15) is 0 Å². The van der Waals surface area contributed by atoms with E-state index in [4.69, 9.17) is 4.98 Å². The highest BCUT2D eigenvalue weighted by molar-refractivity contribution is 8.00. The highest BCUT2D eigenvalue weighted by Gasteiger charge is 2.21. The largest absolute Gasteiger partial charge is 0.337 e. The fraction of sp³-hybridized carbons (Fsp3) is 0.238. The number of hydrogen-bond donors (Lipinski definition) is 1. The molecule has 2 aromatic carbocycles. The van der Waals surface area contributed by atoms with Gasteiger partial charge in [0.05, 0.1) is 10.9 Å². The first kappa shape index (κ1) is 18.3. The Bertz CT molecular complexity index is 861. The van der Waals surface area contributed by atoms with Gasteiger partial charge in [0, 0.05) is 24.8 Å². The monoisotopic (exact) mass is 365 g/mol. The van der Waals surface area contributed by atoms with Crippen LogP contribution in [0.3, 0.4) is 0 Å². The second kappa shape index (κ2) is 8.23. The number of amides is 1. The number of nitrogens with zero attached hydrogens (tertiary/aromatic N) is 2. The number of thioether (sulfide) groups is 1. The molecule has 1 aromatic heterocycles. The standard InChI is InChI=1S/C21H23N3OS/c1-15-19(14-17-10-6-4-7-11-17)23-21(22-15)26-16(2)20(25)24(3)18-12-8-5-9-13-18/h4-13,16H,14H2,1-3H3,(H,22,23)/t16-/m0/s1. The maximum atomic E-state index is 12.7. The number of aromatic amines is 1. The Labute approximate surface area is 158 Å². The first-order valence-electron chi connectivity index (χ1n) is 8.63. The molecule has 0 radical (unpaired) electrons. The number of para-hydroxylation sites is 1. The van der Waals surface area contributed by atoms with Gasteiger partial charge in [0.15, 0.2) is 5.16 Å². The lowest BCUT2D eigenvalue weighted by molar-refractivity contribution is -0.117. The summed E-state index contributed by atoms with van der Waals surface area (Å²) in [6.45, 7) is 3.94. The van der Waals surface area contributed by atoms with E-state index in [1.807, 2.05) is 69.4 Å². The number of carbonyl (C=O) groups excluding carboxylic acids is 1. The van der Waals surface area contributed by atoms with Crippen LogP contribution in [0.4, 0.5) is 5.69 Å². The number of imidazole rings is 1. The quantitative estimate of drug-likeness (QED) is 0.657. The van der Waals surface area contributed by atoms with Gasteiger partial charge in [0.25, 0.3) is 0 Å². The fourth-order valence-electron chi connectivity index (χ4n) is 2.75. The van der Waals surface area contributed by atoms with Gasteiger partial charge in [-0.05, 0) is 31.5 Å². The highest BCUT2D eigenvalue weighted by atomic mass is 32.2. The van der Waals surface area contributed by atoms with Crippen molar-refractivity contribution in [1.29, 1.82) is 0 Å². The van der Waals surface area contributed by atoms with E-state index in [0.29, 0.717) is 0 Å². The van der Waals surface area contributed by atoms with Gasteiger partial charge in [-0.15, -0.1) is 0 Å². The van der Waals surface area contributed by atoms with Crippen LogP contribution in [0.25, 0.3) is 0 Å². The van der Waals surface area contributed by atoms with Crippen LogP contribution in [0, 0.1) is 6.92 Å². The second-order valence-electron chi connectivity index (χ2n) is 6.27. The molecule has 0 aliphatic carbocycles. The minimum absolute atomic E-state index is 0.0554. The third-order valence-electron chi connectivity index (χ3n) is 4.29. The van der Waals surface area contributed by atoms with Crippen molar-refractivity contribution in [2.24, 2.45) is 0 Å². The SMILES string of the molecule is Cc1[nH]c(S[C@@H](C)C(=O)N(C)c2ccccc2)nc1Cc1ccccc1. The number of H-pyrrole nitrogens is 1. The minimum atomic E-state index is -0.227. The van der Waals surface area contributed by atoms with Crippen molar-refractivity contribution in [3.63, 3.8) is 0 Å². The fourth-order valence-corrected chi connectivity index (χ4v) is 3.72. The number of carbonyl (C=O) groups is 1. The lowest BCUT2D eigenvalue weighted by Gasteiger charge is -2.20. The molecule has 4 nitrogen and oxygen atoms in total. The first-order chi connectivity index (χ1) is 12.5. The summed E-state index contributed by atoms with van der Waals surface area (Å²) in [6.07, 6.45) is 0.788. The van der Waals surface area contributed by atoms with E-state index in [9.17, 15) is 4.79 Å². The predicted molar refractivity (Wildman–Crippen MR) is 108 cm³/mol. The van der Waals surface area contributed by atoms with E-state index in [2.05, 4.69) is 17.1 Å². The lowest BCUT2D eigenvalue weighted by atomic mass is 10.1. The minimum Gasteiger partial charge on any atom is -0.337 e. The summed E-state index contributed by atoms with van der Waals surface area (Å²) in [5.41, 5.74) is 4.19. The molecule has 0 saturated heterocycles. The third kappa shape index (κ3) is 4.35. The van der Waals surface area contributed by atoms with Crippen LogP contribution in [0.1, 0.15) is 23.9 Å². The van der Waals surface area contributed by atoms with Gasteiger partial charge in [0.2, 0.25) is 5.91 Å². The number of aryl methyl sites for hydroxylation is 1. The molecular formula is C21H23N3OS. The van der Waals surface area contributed by atoms with Crippen LogP contribution < -0.4 is 4.90 Å². The smallest absolute Gasteiger partial charge is 0.240 e. The zero-order valence-corrected chi connectivity index (χ0v) is 16.1. The molecule has 1 atom stereocenters. The summed E-state index contributed by atoms with van der Waals surface area (Å²) in [7, 11) is 1.81. The van der Waals surface area contributed by atoms with Crippen molar-refractivity contribution in [1.82, 2.24) is 9.97 Å². The number of aromatic nitrogens is 2. The van der Waals surface area contributed by atoms with Crippen LogP contribution in [-0.4, -0.2) is 28.2 Å². The summed E-state index contributed by atoms with van der Waals surface area (Å²) >= 11 is 1.46. The molecule has 26 heavy (non-hydrogen) atoms. The number of anilines is 1. The molecule has 0 saturated carbocycles. The Balaban J connectivity index is 1.67. The molecule has 3 aromatic rings. The van der Waals surface area contributed by atoms with E-state index in [0.717, 1.165) is 28.7 Å². The van der Waals surface area contributed by atoms with E-state index >= 15 is 0 Å². The van der Waals surface area contributed by atoms with Crippen LogP contribution in [0.15, 0.2) is 65.8 Å². The Morgan fingerprint density at radius 2 is 1.73 bits per heavy atom. The molecule has 0 unspecified atom stereocenters. The second-order valence-corrected chi connectivity index (χ2v) is 7.60. The highest BCUT2D eigenvalue weighted by Crippen LogP contribution is 2.25. The van der Waals surface area contributed by atoms with Crippen molar-refractivity contribution in [3.8, 4) is 0 Å². The van der Waals surface area contributed by atoms with Gasteiger partial charge in [-0.3, -0.25) is 4.79 Å². The number of nitrogens with one attached hydrogen (secondary N) is 1. The Morgan fingerprint density at radius 1 is 1.12 bits per heavy atom. The van der Waals surface area contributed by atoms with Crippen molar-refractivity contribution in [2.45, 2.75) is 30.7 Å². The van der Waals surface area contributed by atoms with Gasteiger partial charge >= 0.3 is 0 Å². The average molecular weight is 366 g/mol. The van der Waals surface area contributed by atoms with E-state index < -0.39 is 0 Å². The molecule has 0 aliphatic rings. The molecule has 1 N–H and O–H groups in total. The summed E-state index contributed by atoms with van der Waals surface area (Å²) in [5, 5.41) is 0.561. The molecule has 0 fully saturated rings. The number of hydrogen-bond acceptors (Lipinski definition) is 3. The molecule has 0 spiro atoms. The summed E-state index contributed by atoms with van der Waals surface area (Å²) < 4.78 is 0. The maximum Gasteiger partial charge on any atom is 0.240 e.